The molecule has 0 spiro atoms. The van der Waals surface area contributed by atoms with E-state index in [9.17, 15) is 9.59 Å². The van der Waals surface area contributed by atoms with Crippen molar-refractivity contribution in [3.63, 3.8) is 0 Å². The van der Waals surface area contributed by atoms with Crippen LogP contribution in [0, 0.1) is 11.8 Å². The Kier molecular flexibility index (Phi) is 5.60. The lowest BCUT2D eigenvalue weighted by Gasteiger charge is -2.21. The van der Waals surface area contributed by atoms with Gasteiger partial charge in [-0.1, -0.05) is 0 Å². The first-order chi connectivity index (χ1) is 8.81. The molecule has 6 nitrogen and oxygen atoms in total. The molecule has 0 bridgehead atoms. The maximum Gasteiger partial charge on any atom is 0.407 e. The maximum absolute atomic E-state index is 11.5. The molecule has 2 unspecified atom stereocenters. The second kappa shape index (κ2) is 6.75. The molecule has 1 heterocycles. The molecule has 0 aromatic heterocycles. The molecule has 6 heteroatoms. The van der Waals surface area contributed by atoms with E-state index >= 15 is 0 Å². The molecule has 0 saturated carbocycles. The second-order valence-corrected chi connectivity index (χ2v) is 5.72. The van der Waals surface area contributed by atoms with E-state index in [1.165, 1.54) is 7.11 Å². The molecule has 1 saturated heterocycles. The summed E-state index contributed by atoms with van der Waals surface area (Å²) in [6.45, 7) is 6.94. The molecular formula is C13H23NO5. The molecule has 1 fully saturated rings. The van der Waals surface area contributed by atoms with E-state index in [0.29, 0.717) is 26.2 Å². The predicted molar refractivity (Wildman–Crippen MR) is 68.7 cm³/mol. The zero-order valence-electron chi connectivity index (χ0n) is 12.0. The zero-order chi connectivity index (χ0) is 14.5. The summed E-state index contributed by atoms with van der Waals surface area (Å²) in [6, 6.07) is 0. The Hall–Kier alpha value is -1.30. The van der Waals surface area contributed by atoms with Crippen LogP contribution in [-0.4, -0.2) is 44.5 Å². The number of nitrogens with one attached hydrogen (secondary N) is 1. The summed E-state index contributed by atoms with van der Waals surface area (Å²) in [5.74, 6) is -0.0493. The molecule has 2 atom stereocenters. The first kappa shape index (κ1) is 15.8. The molecule has 1 aliphatic heterocycles. The summed E-state index contributed by atoms with van der Waals surface area (Å²) in [7, 11) is 1.37. The third-order valence-electron chi connectivity index (χ3n) is 2.89. The van der Waals surface area contributed by atoms with Crippen LogP contribution in [0.5, 0.6) is 0 Å². The molecule has 19 heavy (non-hydrogen) atoms. The SMILES string of the molecule is COC(=O)CC1COCC1CNC(=O)OC(C)(C)C. The fourth-order valence-corrected chi connectivity index (χ4v) is 1.92. The molecule has 1 amide bonds. The van der Waals surface area contributed by atoms with Gasteiger partial charge in [0.1, 0.15) is 5.60 Å². The number of methoxy groups -OCH3 is 1. The van der Waals surface area contributed by atoms with Crippen molar-refractivity contribution in [1.82, 2.24) is 5.32 Å². The van der Waals surface area contributed by atoms with Crippen molar-refractivity contribution in [2.24, 2.45) is 11.8 Å². The van der Waals surface area contributed by atoms with Crippen LogP contribution in [0.3, 0.4) is 0 Å². The number of amides is 1. The summed E-state index contributed by atoms with van der Waals surface area (Å²) in [5.41, 5.74) is -0.512. The van der Waals surface area contributed by atoms with Crippen LogP contribution < -0.4 is 5.32 Å². The van der Waals surface area contributed by atoms with Gasteiger partial charge in [-0.2, -0.15) is 0 Å². The van der Waals surface area contributed by atoms with Crippen LogP contribution in [0.2, 0.25) is 0 Å². The van der Waals surface area contributed by atoms with Gasteiger partial charge in [-0.3, -0.25) is 4.79 Å². The average Bonchev–Trinajstić information content (AvgIpc) is 2.71. The average molecular weight is 273 g/mol. The third-order valence-corrected chi connectivity index (χ3v) is 2.89. The van der Waals surface area contributed by atoms with Gasteiger partial charge < -0.3 is 19.5 Å². The first-order valence-corrected chi connectivity index (χ1v) is 6.43. The minimum Gasteiger partial charge on any atom is -0.469 e. The van der Waals surface area contributed by atoms with E-state index in [-0.39, 0.29) is 17.8 Å². The molecule has 0 aromatic carbocycles. The number of esters is 1. The summed E-state index contributed by atoms with van der Waals surface area (Å²) in [5, 5.41) is 2.71. The molecule has 0 radical (unpaired) electrons. The van der Waals surface area contributed by atoms with Crippen molar-refractivity contribution in [2.75, 3.05) is 26.9 Å². The van der Waals surface area contributed by atoms with E-state index in [4.69, 9.17) is 9.47 Å². The van der Waals surface area contributed by atoms with Crippen LogP contribution in [0.4, 0.5) is 4.79 Å². The van der Waals surface area contributed by atoms with Gasteiger partial charge in [0.05, 0.1) is 26.7 Å². The van der Waals surface area contributed by atoms with Gasteiger partial charge in [0.15, 0.2) is 0 Å². The summed E-state index contributed by atoms with van der Waals surface area (Å²) < 4.78 is 15.1. The van der Waals surface area contributed by atoms with Gasteiger partial charge in [-0.15, -0.1) is 0 Å². The Morgan fingerprint density at radius 1 is 1.26 bits per heavy atom. The highest BCUT2D eigenvalue weighted by Crippen LogP contribution is 2.23. The van der Waals surface area contributed by atoms with Crippen LogP contribution in [-0.2, 0) is 19.0 Å². The van der Waals surface area contributed by atoms with Crippen LogP contribution in [0.25, 0.3) is 0 Å². The highest BCUT2D eigenvalue weighted by atomic mass is 16.6. The van der Waals surface area contributed by atoms with E-state index < -0.39 is 11.7 Å². The number of rotatable bonds is 4. The van der Waals surface area contributed by atoms with E-state index in [1.807, 2.05) is 20.8 Å². The lowest BCUT2D eigenvalue weighted by molar-refractivity contribution is -0.142. The topological polar surface area (TPSA) is 73.9 Å². The number of alkyl carbamates (subject to hydrolysis) is 1. The quantitative estimate of drug-likeness (QED) is 0.782. The molecule has 1 aliphatic rings. The predicted octanol–water partition coefficient (Wildman–Crippen LogP) is 1.34. The van der Waals surface area contributed by atoms with Crippen molar-refractivity contribution in [3.8, 4) is 0 Å². The summed E-state index contributed by atoms with van der Waals surface area (Å²) in [6.07, 6.45) is -0.131. The van der Waals surface area contributed by atoms with Crippen molar-refractivity contribution in [2.45, 2.75) is 32.8 Å². The summed E-state index contributed by atoms with van der Waals surface area (Å²) in [4.78, 5) is 22.8. The van der Waals surface area contributed by atoms with Crippen molar-refractivity contribution < 1.29 is 23.8 Å². The van der Waals surface area contributed by atoms with Gasteiger partial charge in [-0.25, -0.2) is 4.79 Å². The van der Waals surface area contributed by atoms with Crippen LogP contribution in [0.1, 0.15) is 27.2 Å². The Bertz CT molecular complexity index is 323. The minimum atomic E-state index is -0.512. The fraction of sp³-hybridized carbons (Fsp3) is 0.846. The number of hydrogen-bond acceptors (Lipinski definition) is 5. The lowest BCUT2D eigenvalue weighted by Crippen LogP contribution is -2.37. The Morgan fingerprint density at radius 2 is 1.89 bits per heavy atom. The van der Waals surface area contributed by atoms with Crippen LogP contribution in [0.15, 0.2) is 0 Å². The molecule has 110 valence electrons. The largest absolute Gasteiger partial charge is 0.469 e. The molecule has 1 rings (SSSR count). The lowest BCUT2D eigenvalue weighted by atomic mass is 9.93. The van der Waals surface area contributed by atoms with Crippen molar-refractivity contribution in [3.05, 3.63) is 0 Å². The zero-order valence-corrected chi connectivity index (χ0v) is 12.0. The normalized spacial score (nSPS) is 22.9. The Balaban J connectivity index is 2.35. The number of hydrogen-bond donors (Lipinski definition) is 1. The van der Waals surface area contributed by atoms with Crippen LogP contribution >= 0.6 is 0 Å². The molecular weight excluding hydrogens is 250 g/mol. The third kappa shape index (κ3) is 5.92. The van der Waals surface area contributed by atoms with Gasteiger partial charge in [0, 0.05) is 12.5 Å². The molecule has 0 aliphatic carbocycles. The van der Waals surface area contributed by atoms with Gasteiger partial charge in [-0.05, 0) is 26.7 Å². The summed E-state index contributed by atoms with van der Waals surface area (Å²) >= 11 is 0. The van der Waals surface area contributed by atoms with Gasteiger partial charge in [0.2, 0.25) is 0 Å². The van der Waals surface area contributed by atoms with Crippen molar-refractivity contribution >= 4 is 12.1 Å². The number of carbonyl (C=O) groups is 2. The van der Waals surface area contributed by atoms with E-state index in [0.717, 1.165) is 0 Å². The number of carbonyl (C=O) groups excluding carboxylic acids is 2. The second-order valence-electron chi connectivity index (χ2n) is 5.72. The van der Waals surface area contributed by atoms with Gasteiger partial charge in [0.25, 0.3) is 0 Å². The standard InChI is InChI=1S/C13H23NO5/c1-13(2,3)19-12(16)14-6-10-8-18-7-9(10)5-11(15)17-4/h9-10H,5-8H2,1-4H3,(H,14,16). The smallest absolute Gasteiger partial charge is 0.407 e. The monoisotopic (exact) mass is 273 g/mol. The highest BCUT2D eigenvalue weighted by Gasteiger charge is 2.31. The maximum atomic E-state index is 11.5. The Labute approximate surface area is 113 Å². The molecule has 1 N–H and O–H groups in total. The highest BCUT2D eigenvalue weighted by molar-refractivity contribution is 5.69. The minimum absolute atomic E-state index is 0.0855. The fourth-order valence-electron chi connectivity index (χ4n) is 1.92. The van der Waals surface area contributed by atoms with Gasteiger partial charge >= 0.3 is 12.1 Å². The first-order valence-electron chi connectivity index (χ1n) is 6.43. The van der Waals surface area contributed by atoms with Crippen molar-refractivity contribution in [1.29, 1.82) is 0 Å². The Morgan fingerprint density at radius 3 is 2.47 bits per heavy atom. The number of ether oxygens (including phenoxy) is 3. The van der Waals surface area contributed by atoms with E-state index in [2.05, 4.69) is 10.1 Å². The molecule has 0 aromatic rings. The van der Waals surface area contributed by atoms with E-state index in [1.54, 1.807) is 0 Å².